The number of hydrogen-bond acceptors (Lipinski definition) is 4. The third-order valence-electron chi connectivity index (χ3n) is 3.65. The van der Waals surface area contributed by atoms with Crippen LogP contribution in [-0.4, -0.2) is 35.2 Å². The monoisotopic (exact) mass is 323 g/mol. The number of thioether (sulfide) groups is 1. The fourth-order valence-electron chi connectivity index (χ4n) is 2.58. The first-order valence-corrected chi connectivity index (χ1v) is 9.44. The van der Waals surface area contributed by atoms with Crippen molar-refractivity contribution in [3.8, 4) is 11.8 Å². The molecule has 21 heavy (non-hydrogen) atoms. The Kier molecular flexibility index (Phi) is 6.62. The van der Waals surface area contributed by atoms with E-state index in [4.69, 9.17) is 5.11 Å². The van der Waals surface area contributed by atoms with Gasteiger partial charge in [-0.15, -0.1) is 11.3 Å². The quantitative estimate of drug-likeness (QED) is 0.838. The molecule has 1 saturated carbocycles. The predicted octanol–water partition coefficient (Wildman–Crippen LogP) is 2.89. The molecule has 0 bridgehead atoms. The van der Waals surface area contributed by atoms with Crippen LogP contribution in [0, 0.1) is 11.8 Å². The van der Waals surface area contributed by atoms with Crippen molar-refractivity contribution in [1.29, 1.82) is 0 Å². The van der Waals surface area contributed by atoms with Crippen molar-refractivity contribution in [2.75, 3.05) is 12.9 Å². The van der Waals surface area contributed by atoms with Crippen LogP contribution in [0.25, 0.3) is 0 Å². The maximum atomic E-state index is 12.5. The molecular weight excluding hydrogens is 302 g/mol. The average molecular weight is 323 g/mol. The van der Waals surface area contributed by atoms with Gasteiger partial charge in [-0.3, -0.25) is 4.79 Å². The van der Waals surface area contributed by atoms with E-state index in [1.165, 1.54) is 30.6 Å². The summed E-state index contributed by atoms with van der Waals surface area (Å²) in [5, 5.41) is 14.4. The van der Waals surface area contributed by atoms with Gasteiger partial charge in [-0.05, 0) is 30.5 Å². The molecule has 1 aromatic rings. The summed E-state index contributed by atoms with van der Waals surface area (Å²) in [5.41, 5.74) is 0.766. The van der Waals surface area contributed by atoms with Crippen molar-refractivity contribution in [1.82, 2.24) is 5.32 Å². The van der Waals surface area contributed by atoms with E-state index in [2.05, 4.69) is 23.4 Å². The van der Waals surface area contributed by atoms with Crippen LogP contribution in [-0.2, 0) is 0 Å². The van der Waals surface area contributed by atoms with Gasteiger partial charge in [-0.25, -0.2) is 0 Å². The summed E-state index contributed by atoms with van der Waals surface area (Å²) in [7, 11) is 0. The van der Waals surface area contributed by atoms with Crippen molar-refractivity contribution in [3.63, 3.8) is 0 Å². The van der Waals surface area contributed by atoms with Crippen LogP contribution < -0.4 is 5.32 Å². The Morgan fingerprint density at radius 1 is 1.52 bits per heavy atom. The highest BCUT2D eigenvalue weighted by molar-refractivity contribution is 7.99. The van der Waals surface area contributed by atoms with E-state index in [1.54, 1.807) is 0 Å². The zero-order valence-corrected chi connectivity index (χ0v) is 13.9. The van der Waals surface area contributed by atoms with Gasteiger partial charge in [0.2, 0.25) is 0 Å². The molecule has 0 aliphatic heterocycles. The second-order valence-electron chi connectivity index (χ2n) is 5.08. The Hall–Kier alpha value is -0.960. The summed E-state index contributed by atoms with van der Waals surface area (Å²) in [6.45, 7) is 0.0517. The van der Waals surface area contributed by atoms with Crippen molar-refractivity contribution in [3.05, 3.63) is 21.9 Å². The van der Waals surface area contributed by atoms with E-state index >= 15 is 0 Å². The number of rotatable bonds is 4. The number of carbonyl (C=O) groups is 1. The minimum absolute atomic E-state index is 0.00996. The summed E-state index contributed by atoms with van der Waals surface area (Å²) >= 11 is 3.28. The zero-order chi connectivity index (χ0) is 15.1. The molecule has 0 spiro atoms. The number of aliphatic hydroxyl groups excluding tert-OH is 1. The summed E-state index contributed by atoms with van der Waals surface area (Å²) in [6.07, 6.45) is 7.25. The summed E-state index contributed by atoms with van der Waals surface area (Å²) in [5.74, 6) is 5.84. The van der Waals surface area contributed by atoms with Gasteiger partial charge in [0.1, 0.15) is 4.88 Å². The number of amides is 1. The second-order valence-corrected chi connectivity index (χ2v) is 7.07. The van der Waals surface area contributed by atoms with Crippen LogP contribution in [0.3, 0.4) is 0 Å². The molecule has 2 unspecified atom stereocenters. The zero-order valence-electron chi connectivity index (χ0n) is 12.2. The Morgan fingerprint density at radius 3 is 3.10 bits per heavy atom. The fraction of sp³-hybridized carbons (Fsp3) is 0.562. The van der Waals surface area contributed by atoms with Crippen molar-refractivity contribution < 1.29 is 9.90 Å². The minimum Gasteiger partial charge on any atom is -0.395 e. The first kappa shape index (κ1) is 16.4. The molecule has 2 N–H and O–H groups in total. The smallest absolute Gasteiger partial charge is 0.262 e. The standard InChI is InChI=1S/C16H21NO2S2/c1-20-14-8-3-2-7-13(14)17-16(19)15-12(9-11-21-15)6-4-5-10-18/h9,11,13-14,18H,2-3,5,7-8,10H2,1H3,(H,17,19). The molecule has 1 heterocycles. The summed E-state index contributed by atoms with van der Waals surface area (Å²) in [4.78, 5) is 13.1. The first-order valence-electron chi connectivity index (χ1n) is 7.27. The van der Waals surface area contributed by atoms with Crippen LogP contribution >= 0.6 is 23.1 Å². The molecule has 1 aliphatic rings. The Balaban J connectivity index is 2.03. The van der Waals surface area contributed by atoms with E-state index in [0.717, 1.165) is 12.0 Å². The Bertz CT molecular complexity index is 530. The highest BCUT2D eigenvalue weighted by atomic mass is 32.2. The Morgan fingerprint density at radius 2 is 2.33 bits per heavy atom. The van der Waals surface area contributed by atoms with Crippen LogP contribution in [0.2, 0.25) is 0 Å². The Labute approximate surface area is 134 Å². The largest absolute Gasteiger partial charge is 0.395 e. The second kappa shape index (κ2) is 8.47. The van der Waals surface area contributed by atoms with Gasteiger partial charge >= 0.3 is 0 Å². The van der Waals surface area contributed by atoms with E-state index in [1.807, 2.05) is 23.2 Å². The van der Waals surface area contributed by atoms with Crippen molar-refractivity contribution in [2.24, 2.45) is 0 Å². The molecule has 2 rings (SSSR count). The lowest BCUT2D eigenvalue weighted by atomic mass is 9.95. The normalized spacial score (nSPS) is 21.4. The molecule has 0 saturated heterocycles. The molecule has 1 amide bonds. The summed E-state index contributed by atoms with van der Waals surface area (Å²) < 4.78 is 0. The summed E-state index contributed by atoms with van der Waals surface area (Å²) in [6, 6.07) is 2.14. The molecule has 3 nitrogen and oxygen atoms in total. The van der Waals surface area contributed by atoms with Crippen LogP contribution in [0.15, 0.2) is 11.4 Å². The molecule has 1 fully saturated rings. The highest BCUT2D eigenvalue weighted by Gasteiger charge is 2.26. The highest BCUT2D eigenvalue weighted by Crippen LogP contribution is 2.27. The molecular formula is C16H21NO2S2. The molecule has 0 aromatic carbocycles. The average Bonchev–Trinajstić information content (AvgIpc) is 2.96. The van der Waals surface area contributed by atoms with E-state index in [-0.39, 0.29) is 18.6 Å². The SMILES string of the molecule is CSC1CCCCC1NC(=O)c1sccc1C#CCCO. The fourth-order valence-corrected chi connectivity index (χ4v) is 4.26. The van der Waals surface area contributed by atoms with Gasteiger partial charge in [-0.2, -0.15) is 11.8 Å². The van der Waals surface area contributed by atoms with E-state index in [0.29, 0.717) is 16.5 Å². The lowest BCUT2D eigenvalue weighted by molar-refractivity contribution is 0.0933. The number of thiophene rings is 1. The first-order chi connectivity index (χ1) is 10.3. The third-order valence-corrected chi connectivity index (χ3v) is 5.74. The van der Waals surface area contributed by atoms with Crippen LogP contribution in [0.5, 0.6) is 0 Å². The number of nitrogens with one attached hydrogen (secondary N) is 1. The third kappa shape index (κ3) is 4.50. The lowest BCUT2D eigenvalue weighted by Crippen LogP contribution is -2.43. The molecule has 1 aliphatic carbocycles. The molecule has 1 aromatic heterocycles. The van der Waals surface area contributed by atoms with Gasteiger partial charge in [0.25, 0.3) is 5.91 Å². The van der Waals surface area contributed by atoms with Gasteiger partial charge in [0.05, 0.1) is 6.61 Å². The molecule has 0 radical (unpaired) electrons. The van der Waals surface area contributed by atoms with Gasteiger partial charge in [-0.1, -0.05) is 24.7 Å². The maximum absolute atomic E-state index is 12.5. The molecule has 2 atom stereocenters. The molecule has 114 valence electrons. The van der Waals surface area contributed by atoms with Gasteiger partial charge in [0.15, 0.2) is 0 Å². The predicted molar refractivity (Wildman–Crippen MR) is 89.9 cm³/mol. The van der Waals surface area contributed by atoms with Crippen LogP contribution in [0.1, 0.15) is 47.3 Å². The lowest BCUT2D eigenvalue weighted by Gasteiger charge is -2.30. The van der Waals surface area contributed by atoms with Crippen molar-refractivity contribution >= 4 is 29.0 Å². The minimum atomic E-state index is -0.00996. The van der Waals surface area contributed by atoms with Gasteiger partial charge in [0, 0.05) is 23.3 Å². The number of carbonyl (C=O) groups excluding carboxylic acids is 1. The number of aliphatic hydroxyl groups is 1. The maximum Gasteiger partial charge on any atom is 0.262 e. The van der Waals surface area contributed by atoms with Gasteiger partial charge < -0.3 is 10.4 Å². The molecule has 5 heteroatoms. The van der Waals surface area contributed by atoms with Crippen molar-refractivity contribution in [2.45, 2.75) is 43.4 Å². The topological polar surface area (TPSA) is 49.3 Å². The van der Waals surface area contributed by atoms with E-state index in [9.17, 15) is 4.79 Å². The van der Waals surface area contributed by atoms with E-state index < -0.39 is 0 Å². The number of hydrogen-bond donors (Lipinski definition) is 2. The van der Waals surface area contributed by atoms with Crippen LogP contribution in [0.4, 0.5) is 0 Å².